The zero-order chi connectivity index (χ0) is 21.9. The predicted molar refractivity (Wildman–Crippen MR) is 112 cm³/mol. The number of amides is 2. The first kappa shape index (κ1) is 21.9. The molecule has 9 heteroatoms. The summed E-state index contributed by atoms with van der Waals surface area (Å²) < 4.78 is 28.6. The zero-order valence-electron chi connectivity index (χ0n) is 16.9. The standard InChI is InChI=1S/C21H25N3O5S/c1-14(15-6-4-9-18(13-15)30(22,27)28)24(2)21(26)16-7-3-8-17(12-16)23-20(25)19-10-5-11-29-19/h3-4,6-9,12-14,19H,5,10-11H2,1-2H3,(H,23,25)(H2,22,27,28). The fraction of sp³-hybridized carbons (Fsp3) is 0.333. The molecule has 1 saturated heterocycles. The van der Waals surface area contributed by atoms with Crippen LogP contribution in [0.15, 0.2) is 53.4 Å². The number of carbonyl (C=O) groups excluding carboxylic acids is 2. The van der Waals surface area contributed by atoms with Crippen molar-refractivity contribution in [2.75, 3.05) is 19.0 Å². The predicted octanol–water partition coefficient (Wildman–Crippen LogP) is 2.28. The highest BCUT2D eigenvalue weighted by Gasteiger charge is 2.24. The molecule has 1 aliphatic heterocycles. The average molecular weight is 432 g/mol. The number of nitrogens with zero attached hydrogens (tertiary/aromatic N) is 1. The topological polar surface area (TPSA) is 119 Å². The van der Waals surface area contributed by atoms with E-state index in [4.69, 9.17) is 9.88 Å². The number of nitrogens with one attached hydrogen (secondary N) is 1. The molecule has 0 saturated carbocycles. The summed E-state index contributed by atoms with van der Waals surface area (Å²) in [5.74, 6) is -0.490. The molecule has 3 rings (SSSR count). The van der Waals surface area contributed by atoms with Crippen LogP contribution in [0.4, 0.5) is 5.69 Å². The molecule has 2 amide bonds. The lowest BCUT2D eigenvalue weighted by atomic mass is 10.1. The molecule has 8 nitrogen and oxygen atoms in total. The van der Waals surface area contributed by atoms with E-state index in [0.29, 0.717) is 29.8 Å². The molecule has 0 aromatic heterocycles. The van der Waals surface area contributed by atoms with Gasteiger partial charge in [0, 0.05) is 24.9 Å². The highest BCUT2D eigenvalue weighted by atomic mass is 32.2. The van der Waals surface area contributed by atoms with Gasteiger partial charge in [0.1, 0.15) is 6.10 Å². The van der Waals surface area contributed by atoms with Crippen LogP contribution in [0.2, 0.25) is 0 Å². The van der Waals surface area contributed by atoms with Crippen molar-refractivity contribution in [1.29, 1.82) is 0 Å². The van der Waals surface area contributed by atoms with Gasteiger partial charge in [0.15, 0.2) is 0 Å². The monoisotopic (exact) mass is 431 g/mol. The van der Waals surface area contributed by atoms with Crippen LogP contribution in [0.3, 0.4) is 0 Å². The highest BCUT2D eigenvalue weighted by molar-refractivity contribution is 7.89. The number of hydrogen-bond donors (Lipinski definition) is 2. The molecule has 160 valence electrons. The molecule has 1 aliphatic rings. The van der Waals surface area contributed by atoms with Crippen LogP contribution in [0.25, 0.3) is 0 Å². The van der Waals surface area contributed by atoms with Gasteiger partial charge in [0.25, 0.3) is 11.8 Å². The first-order valence-electron chi connectivity index (χ1n) is 9.59. The summed E-state index contributed by atoms with van der Waals surface area (Å²) in [6.45, 7) is 2.37. The normalized spacial score (nSPS) is 17.4. The van der Waals surface area contributed by atoms with Crippen molar-refractivity contribution < 1.29 is 22.7 Å². The molecular formula is C21H25N3O5S. The van der Waals surface area contributed by atoms with Crippen LogP contribution in [-0.2, 0) is 19.6 Å². The number of primary sulfonamides is 1. The van der Waals surface area contributed by atoms with E-state index >= 15 is 0 Å². The number of ether oxygens (including phenoxy) is 1. The van der Waals surface area contributed by atoms with Crippen molar-refractivity contribution in [2.24, 2.45) is 5.14 Å². The van der Waals surface area contributed by atoms with Crippen molar-refractivity contribution in [3.63, 3.8) is 0 Å². The Bertz CT molecular complexity index is 1050. The van der Waals surface area contributed by atoms with Gasteiger partial charge in [-0.3, -0.25) is 9.59 Å². The van der Waals surface area contributed by atoms with Gasteiger partial charge in [0.05, 0.1) is 10.9 Å². The van der Waals surface area contributed by atoms with Crippen LogP contribution in [0.1, 0.15) is 41.7 Å². The molecule has 0 radical (unpaired) electrons. The minimum absolute atomic E-state index is 0.00783. The number of sulfonamides is 1. The van der Waals surface area contributed by atoms with E-state index in [2.05, 4.69) is 5.32 Å². The van der Waals surface area contributed by atoms with E-state index in [1.54, 1.807) is 50.4 Å². The van der Waals surface area contributed by atoms with E-state index in [0.717, 1.165) is 6.42 Å². The Morgan fingerprint density at radius 3 is 2.60 bits per heavy atom. The summed E-state index contributed by atoms with van der Waals surface area (Å²) in [6.07, 6.45) is 1.08. The third-order valence-corrected chi connectivity index (χ3v) is 6.08. The molecule has 0 spiro atoms. The molecule has 2 aromatic rings. The van der Waals surface area contributed by atoms with Gasteiger partial charge in [-0.15, -0.1) is 0 Å². The third kappa shape index (κ3) is 5.05. The molecular weight excluding hydrogens is 406 g/mol. The van der Waals surface area contributed by atoms with Crippen LogP contribution in [-0.4, -0.2) is 44.9 Å². The summed E-state index contributed by atoms with van der Waals surface area (Å²) in [5.41, 5.74) is 1.55. The fourth-order valence-corrected chi connectivity index (χ4v) is 3.86. The first-order valence-corrected chi connectivity index (χ1v) is 11.1. The number of hydrogen-bond acceptors (Lipinski definition) is 5. The summed E-state index contributed by atoms with van der Waals surface area (Å²) >= 11 is 0. The number of nitrogens with two attached hydrogens (primary N) is 1. The number of carbonyl (C=O) groups is 2. The number of rotatable bonds is 6. The van der Waals surface area contributed by atoms with Gasteiger partial charge in [-0.2, -0.15) is 0 Å². The number of benzene rings is 2. The molecule has 30 heavy (non-hydrogen) atoms. The molecule has 2 atom stereocenters. The van der Waals surface area contributed by atoms with Crippen molar-refractivity contribution in [2.45, 2.75) is 36.8 Å². The van der Waals surface area contributed by atoms with Gasteiger partial charge in [-0.25, -0.2) is 13.6 Å². The smallest absolute Gasteiger partial charge is 0.254 e. The van der Waals surface area contributed by atoms with Crippen molar-refractivity contribution in [3.05, 3.63) is 59.7 Å². The lowest BCUT2D eigenvalue weighted by molar-refractivity contribution is -0.124. The second-order valence-corrected chi connectivity index (χ2v) is 8.84. The molecule has 2 unspecified atom stereocenters. The summed E-state index contributed by atoms with van der Waals surface area (Å²) in [6, 6.07) is 12.5. The summed E-state index contributed by atoms with van der Waals surface area (Å²) in [5, 5.41) is 7.99. The minimum Gasteiger partial charge on any atom is -0.368 e. The Morgan fingerprint density at radius 1 is 1.20 bits per heavy atom. The fourth-order valence-electron chi connectivity index (χ4n) is 3.29. The lowest BCUT2D eigenvalue weighted by Gasteiger charge is -2.26. The minimum atomic E-state index is -3.84. The number of anilines is 1. The Morgan fingerprint density at radius 2 is 1.93 bits per heavy atom. The lowest BCUT2D eigenvalue weighted by Crippen LogP contribution is -2.30. The maximum Gasteiger partial charge on any atom is 0.254 e. The highest BCUT2D eigenvalue weighted by Crippen LogP contribution is 2.24. The average Bonchev–Trinajstić information content (AvgIpc) is 3.27. The van der Waals surface area contributed by atoms with Crippen LogP contribution >= 0.6 is 0 Å². The van der Waals surface area contributed by atoms with Crippen molar-refractivity contribution in [3.8, 4) is 0 Å². The molecule has 3 N–H and O–H groups in total. The Balaban J connectivity index is 1.75. The van der Waals surface area contributed by atoms with Gasteiger partial charge in [0.2, 0.25) is 10.0 Å². The quantitative estimate of drug-likeness (QED) is 0.727. The van der Waals surface area contributed by atoms with Crippen LogP contribution in [0.5, 0.6) is 0 Å². The molecule has 2 aromatic carbocycles. The zero-order valence-corrected chi connectivity index (χ0v) is 17.7. The van der Waals surface area contributed by atoms with Gasteiger partial charge < -0.3 is 15.0 Å². The van der Waals surface area contributed by atoms with Crippen LogP contribution in [0, 0.1) is 0 Å². The maximum absolute atomic E-state index is 13.0. The third-order valence-electron chi connectivity index (χ3n) is 5.17. The Hall–Kier alpha value is -2.75. The van der Waals surface area contributed by atoms with Gasteiger partial charge in [-0.05, 0) is 55.7 Å². The second kappa shape index (κ2) is 8.95. The van der Waals surface area contributed by atoms with Crippen molar-refractivity contribution in [1.82, 2.24) is 4.90 Å². The van der Waals surface area contributed by atoms with Gasteiger partial charge >= 0.3 is 0 Å². The molecule has 0 aliphatic carbocycles. The second-order valence-electron chi connectivity index (χ2n) is 7.28. The van der Waals surface area contributed by atoms with E-state index < -0.39 is 22.2 Å². The Labute approximate surface area is 176 Å². The van der Waals surface area contributed by atoms with E-state index in [1.165, 1.54) is 17.0 Å². The van der Waals surface area contributed by atoms with E-state index in [1.807, 2.05) is 0 Å². The van der Waals surface area contributed by atoms with E-state index in [-0.39, 0.29) is 16.7 Å². The van der Waals surface area contributed by atoms with E-state index in [9.17, 15) is 18.0 Å². The maximum atomic E-state index is 13.0. The largest absolute Gasteiger partial charge is 0.368 e. The van der Waals surface area contributed by atoms with Gasteiger partial charge in [-0.1, -0.05) is 18.2 Å². The molecule has 1 heterocycles. The summed E-state index contributed by atoms with van der Waals surface area (Å²) in [7, 11) is -2.20. The van der Waals surface area contributed by atoms with Crippen LogP contribution < -0.4 is 10.5 Å². The summed E-state index contributed by atoms with van der Waals surface area (Å²) in [4.78, 5) is 26.7. The molecule has 0 bridgehead atoms. The van der Waals surface area contributed by atoms with Crippen molar-refractivity contribution >= 4 is 27.5 Å². The SMILES string of the molecule is CC(c1cccc(S(N)(=O)=O)c1)N(C)C(=O)c1cccc(NC(=O)C2CCCO2)c1. The Kier molecular flexibility index (Phi) is 6.55. The molecule has 1 fully saturated rings. The first-order chi connectivity index (χ1) is 14.2.